The Bertz CT molecular complexity index is 426. The van der Waals surface area contributed by atoms with Crippen LogP contribution in [0.5, 0.6) is 0 Å². The van der Waals surface area contributed by atoms with Gasteiger partial charge >= 0.3 is 0 Å². The van der Waals surface area contributed by atoms with Crippen LogP contribution in [0.15, 0.2) is 48.5 Å². The van der Waals surface area contributed by atoms with Crippen LogP contribution in [0.25, 0.3) is 11.1 Å². The van der Waals surface area contributed by atoms with Crippen LogP contribution in [-0.4, -0.2) is 9.52 Å². The molecule has 0 heterocycles. The lowest BCUT2D eigenvalue weighted by Gasteiger charge is -2.03. The minimum atomic E-state index is -0.0110. The van der Waals surface area contributed by atoms with Crippen LogP contribution in [0.3, 0.4) is 0 Å². The predicted molar refractivity (Wildman–Crippen MR) is 70.7 cm³/mol. The zero-order valence-electron chi connectivity index (χ0n) is 9.33. The standard InChI is InChI=1S/C14H16Si/c1-11-3-5-12(6-4-11)13-7-9-14(15-2)10-8-13/h3-10H,15H2,1-2H3. The summed E-state index contributed by atoms with van der Waals surface area (Å²) in [4.78, 5) is 0. The van der Waals surface area contributed by atoms with Gasteiger partial charge in [-0.1, -0.05) is 65.8 Å². The van der Waals surface area contributed by atoms with Gasteiger partial charge in [-0.15, -0.1) is 0 Å². The van der Waals surface area contributed by atoms with Crippen molar-refractivity contribution in [2.24, 2.45) is 0 Å². The van der Waals surface area contributed by atoms with Gasteiger partial charge in [0.2, 0.25) is 0 Å². The van der Waals surface area contributed by atoms with Gasteiger partial charge in [-0.05, 0) is 18.1 Å². The molecule has 0 aliphatic rings. The van der Waals surface area contributed by atoms with E-state index in [-0.39, 0.29) is 9.52 Å². The topological polar surface area (TPSA) is 0 Å². The zero-order chi connectivity index (χ0) is 10.7. The maximum Gasteiger partial charge on any atom is 0.0517 e. The van der Waals surface area contributed by atoms with Crippen LogP contribution in [0.2, 0.25) is 6.55 Å². The average molecular weight is 212 g/mol. The van der Waals surface area contributed by atoms with Crippen LogP contribution in [-0.2, 0) is 0 Å². The van der Waals surface area contributed by atoms with Gasteiger partial charge < -0.3 is 0 Å². The van der Waals surface area contributed by atoms with Gasteiger partial charge in [-0.3, -0.25) is 0 Å². The van der Waals surface area contributed by atoms with E-state index in [1.54, 1.807) is 0 Å². The van der Waals surface area contributed by atoms with Crippen molar-refractivity contribution in [1.82, 2.24) is 0 Å². The smallest absolute Gasteiger partial charge is 0.0517 e. The van der Waals surface area contributed by atoms with E-state index in [0.29, 0.717) is 0 Å². The Hall–Kier alpha value is -1.34. The highest BCUT2D eigenvalue weighted by Crippen LogP contribution is 2.18. The summed E-state index contributed by atoms with van der Waals surface area (Å²) < 4.78 is 0. The highest BCUT2D eigenvalue weighted by atomic mass is 28.2. The quantitative estimate of drug-likeness (QED) is 0.671. The molecule has 1 heteroatoms. The van der Waals surface area contributed by atoms with Crippen LogP contribution in [0, 0.1) is 6.92 Å². The van der Waals surface area contributed by atoms with E-state index >= 15 is 0 Å². The number of hydrogen-bond donors (Lipinski definition) is 0. The highest BCUT2D eigenvalue weighted by Gasteiger charge is 1.96. The first-order chi connectivity index (χ1) is 7.29. The van der Waals surface area contributed by atoms with Crippen LogP contribution >= 0.6 is 0 Å². The normalized spacial score (nSPS) is 11.1. The van der Waals surface area contributed by atoms with E-state index in [4.69, 9.17) is 0 Å². The van der Waals surface area contributed by atoms with Crippen molar-refractivity contribution in [3.05, 3.63) is 54.1 Å². The van der Waals surface area contributed by atoms with E-state index in [1.807, 2.05) is 0 Å². The summed E-state index contributed by atoms with van der Waals surface area (Å²) in [7, 11) is -0.0110. The fraction of sp³-hybridized carbons (Fsp3) is 0.143. The minimum absolute atomic E-state index is 0.0110. The largest absolute Gasteiger partial charge is 0.0708 e. The van der Waals surface area contributed by atoms with Crippen molar-refractivity contribution in [3.63, 3.8) is 0 Å². The number of hydrogen-bond acceptors (Lipinski definition) is 0. The molecule has 2 rings (SSSR count). The second kappa shape index (κ2) is 4.45. The molecule has 2 aromatic carbocycles. The third-order valence-corrected chi connectivity index (χ3v) is 4.03. The van der Waals surface area contributed by atoms with Crippen molar-refractivity contribution in [2.75, 3.05) is 0 Å². The average Bonchev–Trinajstić information content (AvgIpc) is 2.30. The first-order valence-corrected chi connectivity index (χ1v) is 7.57. The Morgan fingerprint density at radius 1 is 0.733 bits per heavy atom. The molecule has 0 radical (unpaired) electrons. The van der Waals surface area contributed by atoms with Crippen molar-refractivity contribution < 1.29 is 0 Å². The fourth-order valence-corrected chi connectivity index (χ4v) is 2.39. The summed E-state index contributed by atoms with van der Waals surface area (Å²) in [5, 5.41) is 1.53. The fourth-order valence-electron chi connectivity index (χ4n) is 1.68. The molecule has 0 spiro atoms. The maximum absolute atomic E-state index is 2.32. The van der Waals surface area contributed by atoms with Gasteiger partial charge in [0.25, 0.3) is 0 Å². The van der Waals surface area contributed by atoms with Gasteiger partial charge in [0.1, 0.15) is 0 Å². The summed E-state index contributed by atoms with van der Waals surface area (Å²) in [6.07, 6.45) is 0. The molecule has 0 bridgehead atoms. The summed E-state index contributed by atoms with van der Waals surface area (Å²) >= 11 is 0. The lowest BCUT2D eigenvalue weighted by atomic mass is 10.0. The molecule has 0 aliphatic carbocycles. The Labute approximate surface area is 93.8 Å². The molecule has 0 fully saturated rings. The number of rotatable bonds is 2. The molecule has 0 aliphatic heterocycles. The molecular weight excluding hydrogens is 196 g/mol. The van der Waals surface area contributed by atoms with E-state index in [0.717, 1.165) is 0 Å². The number of benzene rings is 2. The summed E-state index contributed by atoms with van der Waals surface area (Å²) in [6, 6.07) is 17.7. The molecule has 0 atom stereocenters. The van der Waals surface area contributed by atoms with Gasteiger partial charge in [0.05, 0.1) is 9.52 Å². The molecule has 0 amide bonds. The lowest BCUT2D eigenvalue weighted by Crippen LogP contribution is -2.08. The molecule has 0 nitrogen and oxygen atoms in total. The molecule has 0 unspecified atom stereocenters. The Morgan fingerprint density at radius 3 is 1.67 bits per heavy atom. The third-order valence-electron chi connectivity index (χ3n) is 2.75. The third kappa shape index (κ3) is 2.36. The lowest BCUT2D eigenvalue weighted by molar-refractivity contribution is 1.47. The van der Waals surface area contributed by atoms with Crippen LogP contribution < -0.4 is 5.19 Å². The van der Waals surface area contributed by atoms with Crippen molar-refractivity contribution >= 4 is 14.7 Å². The molecule has 2 aromatic rings. The zero-order valence-corrected chi connectivity index (χ0v) is 10.7. The molecule has 15 heavy (non-hydrogen) atoms. The SMILES string of the molecule is C[SiH2]c1ccc(-c2ccc(C)cc2)cc1. The highest BCUT2D eigenvalue weighted by molar-refractivity contribution is 6.51. The minimum Gasteiger partial charge on any atom is -0.0708 e. The van der Waals surface area contributed by atoms with Crippen LogP contribution in [0.1, 0.15) is 5.56 Å². The Kier molecular flexibility index (Phi) is 3.02. The van der Waals surface area contributed by atoms with E-state index < -0.39 is 0 Å². The van der Waals surface area contributed by atoms with Gasteiger partial charge in [0, 0.05) is 0 Å². The van der Waals surface area contributed by atoms with Crippen molar-refractivity contribution in [1.29, 1.82) is 0 Å². The Morgan fingerprint density at radius 2 is 1.20 bits per heavy atom. The van der Waals surface area contributed by atoms with Crippen LogP contribution in [0.4, 0.5) is 0 Å². The van der Waals surface area contributed by atoms with E-state index in [9.17, 15) is 0 Å². The summed E-state index contributed by atoms with van der Waals surface area (Å²) in [5.74, 6) is 0. The molecule has 0 aromatic heterocycles. The van der Waals surface area contributed by atoms with E-state index in [1.165, 1.54) is 21.9 Å². The van der Waals surface area contributed by atoms with E-state index in [2.05, 4.69) is 62.0 Å². The Balaban J connectivity index is 2.33. The number of aryl methyl sites for hydroxylation is 1. The van der Waals surface area contributed by atoms with Gasteiger partial charge in [-0.25, -0.2) is 0 Å². The van der Waals surface area contributed by atoms with Gasteiger partial charge in [-0.2, -0.15) is 0 Å². The summed E-state index contributed by atoms with van der Waals surface area (Å²) in [6.45, 7) is 4.44. The maximum atomic E-state index is 2.32. The van der Waals surface area contributed by atoms with Crippen molar-refractivity contribution in [3.8, 4) is 11.1 Å². The predicted octanol–water partition coefficient (Wildman–Crippen LogP) is 2.50. The first kappa shape index (κ1) is 10.2. The molecule has 0 N–H and O–H groups in total. The molecular formula is C14H16Si. The second-order valence-electron chi connectivity index (χ2n) is 3.92. The molecule has 0 saturated heterocycles. The molecule has 0 saturated carbocycles. The second-order valence-corrected chi connectivity index (χ2v) is 5.44. The van der Waals surface area contributed by atoms with Gasteiger partial charge in [0.15, 0.2) is 0 Å². The monoisotopic (exact) mass is 212 g/mol. The summed E-state index contributed by atoms with van der Waals surface area (Å²) in [5.41, 5.74) is 3.95. The first-order valence-electron chi connectivity index (χ1n) is 5.45. The van der Waals surface area contributed by atoms with Crippen molar-refractivity contribution in [2.45, 2.75) is 13.5 Å². The molecule has 76 valence electrons.